The highest BCUT2D eigenvalue weighted by molar-refractivity contribution is 5.84. The summed E-state index contributed by atoms with van der Waals surface area (Å²) in [6.07, 6.45) is 3.08. The molecule has 0 aromatic heterocycles. The summed E-state index contributed by atoms with van der Waals surface area (Å²) in [4.78, 5) is 13.3. The van der Waals surface area contributed by atoms with Crippen molar-refractivity contribution in [3.8, 4) is 23.3 Å². The first-order valence-electron chi connectivity index (χ1n) is 7.94. The van der Waals surface area contributed by atoms with Crippen LogP contribution in [0, 0.1) is 11.8 Å². The van der Waals surface area contributed by atoms with Crippen LogP contribution < -0.4 is 9.64 Å². The molecule has 4 heteroatoms. The molecule has 0 bridgehead atoms. The van der Waals surface area contributed by atoms with Crippen molar-refractivity contribution >= 4 is 12.0 Å². The molecular formula is C20H19NO3. The van der Waals surface area contributed by atoms with E-state index in [-0.39, 0.29) is 11.3 Å². The van der Waals surface area contributed by atoms with E-state index in [0.29, 0.717) is 17.6 Å². The molecule has 1 aliphatic heterocycles. The van der Waals surface area contributed by atoms with Crippen molar-refractivity contribution in [1.82, 2.24) is 0 Å². The van der Waals surface area contributed by atoms with E-state index in [1.165, 1.54) is 31.7 Å². The number of methoxy groups -OCH3 is 1. The molecule has 0 radical (unpaired) electrons. The zero-order valence-corrected chi connectivity index (χ0v) is 13.6. The van der Waals surface area contributed by atoms with Crippen LogP contribution in [0.5, 0.6) is 11.5 Å². The Morgan fingerprint density at radius 3 is 2.38 bits per heavy atom. The van der Waals surface area contributed by atoms with Gasteiger partial charge in [-0.2, -0.15) is 0 Å². The maximum Gasteiger partial charge on any atom is 0.157 e. The van der Waals surface area contributed by atoms with Crippen molar-refractivity contribution in [2.24, 2.45) is 0 Å². The highest BCUT2D eigenvalue weighted by Gasteiger charge is 2.11. The number of nitrogens with zero attached hydrogens (tertiary/aromatic N) is 1. The molecule has 1 heterocycles. The Labute approximate surface area is 141 Å². The second-order valence-electron chi connectivity index (χ2n) is 5.72. The van der Waals surface area contributed by atoms with Crippen LogP contribution in [0.15, 0.2) is 36.4 Å². The average molecular weight is 321 g/mol. The molecule has 1 saturated heterocycles. The molecule has 24 heavy (non-hydrogen) atoms. The van der Waals surface area contributed by atoms with Crippen LogP contribution >= 0.6 is 0 Å². The van der Waals surface area contributed by atoms with Gasteiger partial charge in [0.25, 0.3) is 0 Å². The summed E-state index contributed by atoms with van der Waals surface area (Å²) in [5.74, 6) is 6.26. The van der Waals surface area contributed by atoms with Gasteiger partial charge in [0.1, 0.15) is 11.5 Å². The third-order valence-electron chi connectivity index (χ3n) is 4.15. The first kappa shape index (κ1) is 15.9. The largest absolute Gasteiger partial charge is 0.507 e. The Morgan fingerprint density at radius 1 is 1.08 bits per heavy atom. The number of phenols is 1. The Hall–Kier alpha value is -2.93. The van der Waals surface area contributed by atoms with Gasteiger partial charge in [0.15, 0.2) is 6.29 Å². The molecule has 0 amide bonds. The maximum atomic E-state index is 11.0. The lowest BCUT2D eigenvalue weighted by Gasteiger charge is -2.17. The van der Waals surface area contributed by atoms with E-state index in [0.717, 1.165) is 18.7 Å². The van der Waals surface area contributed by atoms with Gasteiger partial charge in [-0.1, -0.05) is 11.8 Å². The number of carbonyl (C=O) groups excluding carboxylic acids is 1. The number of phenolic OH excluding ortho intramolecular Hbond substituents is 1. The molecule has 4 nitrogen and oxygen atoms in total. The van der Waals surface area contributed by atoms with Crippen molar-refractivity contribution in [2.75, 3.05) is 25.1 Å². The maximum absolute atomic E-state index is 11.0. The van der Waals surface area contributed by atoms with Crippen LogP contribution in [0.2, 0.25) is 0 Å². The molecule has 0 atom stereocenters. The smallest absolute Gasteiger partial charge is 0.157 e. The fourth-order valence-electron chi connectivity index (χ4n) is 2.85. The highest BCUT2D eigenvalue weighted by atomic mass is 16.5. The van der Waals surface area contributed by atoms with Gasteiger partial charge in [-0.05, 0) is 49.2 Å². The van der Waals surface area contributed by atoms with Crippen molar-refractivity contribution in [2.45, 2.75) is 12.8 Å². The standard InChI is InChI=1S/C20H19NO3/c1-24-20-13-16(12-19(23)18(20)14-22)5-4-15-6-8-17(9-7-15)21-10-2-3-11-21/h6-9,12-14,23H,2-3,10-11H2,1H3. The van der Waals surface area contributed by atoms with Crippen molar-refractivity contribution in [3.63, 3.8) is 0 Å². The normalized spacial score (nSPS) is 13.3. The second kappa shape index (κ2) is 7.10. The minimum absolute atomic E-state index is 0.127. The fourth-order valence-corrected chi connectivity index (χ4v) is 2.85. The van der Waals surface area contributed by atoms with Gasteiger partial charge < -0.3 is 14.7 Å². The molecule has 0 spiro atoms. The van der Waals surface area contributed by atoms with Gasteiger partial charge in [0, 0.05) is 29.9 Å². The lowest BCUT2D eigenvalue weighted by Crippen LogP contribution is -2.17. The number of benzene rings is 2. The van der Waals surface area contributed by atoms with Gasteiger partial charge in [-0.25, -0.2) is 0 Å². The second-order valence-corrected chi connectivity index (χ2v) is 5.72. The summed E-state index contributed by atoms with van der Waals surface area (Å²) >= 11 is 0. The summed E-state index contributed by atoms with van der Waals surface area (Å²) in [5, 5.41) is 9.87. The number of anilines is 1. The zero-order chi connectivity index (χ0) is 16.9. The Kier molecular flexibility index (Phi) is 4.72. The van der Waals surface area contributed by atoms with E-state index in [9.17, 15) is 9.90 Å². The van der Waals surface area contributed by atoms with Crippen LogP contribution in [-0.2, 0) is 0 Å². The Balaban J connectivity index is 1.82. The third-order valence-corrected chi connectivity index (χ3v) is 4.15. The number of rotatable bonds is 3. The SMILES string of the molecule is COc1cc(C#Cc2ccc(N3CCCC3)cc2)cc(O)c1C=O. The molecule has 2 aromatic carbocycles. The molecule has 3 rings (SSSR count). The summed E-state index contributed by atoms with van der Waals surface area (Å²) < 4.78 is 5.12. The van der Waals surface area contributed by atoms with E-state index in [1.54, 1.807) is 6.07 Å². The molecule has 122 valence electrons. The summed E-state index contributed by atoms with van der Waals surface area (Å²) in [6, 6.07) is 11.3. The molecular weight excluding hydrogens is 302 g/mol. The van der Waals surface area contributed by atoms with Crippen LogP contribution in [0.25, 0.3) is 0 Å². The van der Waals surface area contributed by atoms with E-state index in [2.05, 4.69) is 28.9 Å². The Bertz CT molecular complexity index is 794. The lowest BCUT2D eigenvalue weighted by atomic mass is 10.1. The minimum atomic E-state index is -0.127. The van der Waals surface area contributed by atoms with Crippen LogP contribution in [0.3, 0.4) is 0 Å². The molecule has 2 aromatic rings. The van der Waals surface area contributed by atoms with Gasteiger partial charge in [0.05, 0.1) is 12.7 Å². The monoisotopic (exact) mass is 321 g/mol. The van der Waals surface area contributed by atoms with Gasteiger partial charge in [-0.15, -0.1) is 0 Å². The number of hydrogen-bond donors (Lipinski definition) is 1. The fraction of sp³-hybridized carbons (Fsp3) is 0.250. The number of hydrogen-bond acceptors (Lipinski definition) is 4. The van der Waals surface area contributed by atoms with Crippen molar-refractivity contribution < 1.29 is 14.6 Å². The quantitative estimate of drug-likeness (QED) is 0.697. The molecule has 1 fully saturated rings. The van der Waals surface area contributed by atoms with Crippen molar-refractivity contribution in [1.29, 1.82) is 0 Å². The molecule has 1 aliphatic rings. The molecule has 0 saturated carbocycles. The van der Waals surface area contributed by atoms with Crippen LogP contribution in [0.1, 0.15) is 34.3 Å². The number of carbonyl (C=O) groups is 1. The van der Waals surface area contributed by atoms with Crippen LogP contribution in [-0.4, -0.2) is 31.6 Å². The Morgan fingerprint density at radius 2 is 1.75 bits per heavy atom. The van der Waals surface area contributed by atoms with Crippen LogP contribution in [0.4, 0.5) is 5.69 Å². The van der Waals surface area contributed by atoms with Gasteiger partial charge >= 0.3 is 0 Å². The minimum Gasteiger partial charge on any atom is -0.507 e. The zero-order valence-electron chi connectivity index (χ0n) is 13.6. The summed E-state index contributed by atoms with van der Waals surface area (Å²) in [6.45, 7) is 2.24. The predicted octanol–water partition coefficient (Wildman–Crippen LogP) is 3.21. The lowest BCUT2D eigenvalue weighted by molar-refractivity contribution is 0.111. The van der Waals surface area contributed by atoms with Crippen molar-refractivity contribution in [3.05, 3.63) is 53.1 Å². The van der Waals surface area contributed by atoms with E-state index >= 15 is 0 Å². The number of aldehydes is 1. The summed E-state index contributed by atoms with van der Waals surface area (Å²) in [5.41, 5.74) is 2.86. The first-order valence-corrected chi connectivity index (χ1v) is 7.94. The molecule has 0 aliphatic carbocycles. The first-order chi connectivity index (χ1) is 11.7. The molecule has 0 unspecified atom stereocenters. The van der Waals surface area contributed by atoms with E-state index < -0.39 is 0 Å². The predicted molar refractivity (Wildman–Crippen MR) is 93.9 cm³/mol. The van der Waals surface area contributed by atoms with E-state index in [1.807, 2.05) is 12.1 Å². The summed E-state index contributed by atoms with van der Waals surface area (Å²) in [7, 11) is 1.45. The number of aromatic hydroxyl groups is 1. The van der Waals surface area contributed by atoms with Gasteiger partial charge in [-0.3, -0.25) is 4.79 Å². The van der Waals surface area contributed by atoms with Gasteiger partial charge in [0.2, 0.25) is 0 Å². The number of ether oxygens (including phenoxy) is 1. The average Bonchev–Trinajstić information content (AvgIpc) is 3.14. The highest BCUT2D eigenvalue weighted by Crippen LogP contribution is 2.27. The topological polar surface area (TPSA) is 49.8 Å². The third kappa shape index (κ3) is 3.36. The van der Waals surface area contributed by atoms with E-state index in [4.69, 9.17) is 4.74 Å². The molecule has 1 N–H and O–H groups in total.